The molecule has 1 saturated carbocycles. The Labute approximate surface area is 173 Å². The van der Waals surface area contributed by atoms with Crippen LogP contribution in [0.15, 0.2) is 43.0 Å². The third-order valence-corrected chi connectivity index (χ3v) is 5.63. The third-order valence-electron chi connectivity index (χ3n) is 4.47. The van der Waals surface area contributed by atoms with Crippen LogP contribution in [-0.4, -0.2) is 21.8 Å². The first-order chi connectivity index (χ1) is 13.3. The summed E-state index contributed by atoms with van der Waals surface area (Å²) < 4.78 is 20.3. The van der Waals surface area contributed by atoms with Gasteiger partial charge < -0.3 is 0 Å². The van der Waals surface area contributed by atoms with Crippen LogP contribution in [-0.2, 0) is 0 Å². The van der Waals surface area contributed by atoms with Gasteiger partial charge in [0.2, 0.25) is 0 Å². The Morgan fingerprint density at radius 2 is 1.89 bits per heavy atom. The summed E-state index contributed by atoms with van der Waals surface area (Å²) in [6, 6.07) is 9.21. The van der Waals surface area contributed by atoms with Crippen molar-refractivity contribution in [1.82, 2.24) is 19.6 Å². The Morgan fingerprint density at radius 3 is 2.50 bits per heavy atom. The van der Waals surface area contributed by atoms with Gasteiger partial charge in [-0.1, -0.05) is 18.2 Å². The summed E-state index contributed by atoms with van der Waals surface area (Å²) in [4.78, 5) is 0. The van der Waals surface area contributed by atoms with E-state index in [2.05, 4.69) is 53.1 Å². The molecular weight excluding hydrogens is 371 g/mol. The Bertz CT molecular complexity index is 730. The summed E-state index contributed by atoms with van der Waals surface area (Å²) in [5.41, 5.74) is 2.92. The van der Waals surface area contributed by atoms with E-state index in [0.717, 1.165) is 42.6 Å². The standard InChI is InChI=1S/C19H27FN4S.C3H6/c1-19(2,3)24-25-23-16-9-7-13(8-10-16)17-12-18(22-21-17)14-5-4-6-15(20)11-14;1-3-2/h4-6,11-13,16,23-24H,7-10H2,1-3H3,(H,21,22);3H,1H2,2H3. The zero-order valence-electron chi connectivity index (χ0n) is 17.4. The van der Waals surface area contributed by atoms with Crippen LogP contribution < -0.4 is 9.44 Å². The van der Waals surface area contributed by atoms with Crippen molar-refractivity contribution in [2.24, 2.45) is 0 Å². The smallest absolute Gasteiger partial charge is 0.123 e. The Hall–Kier alpha value is -1.63. The summed E-state index contributed by atoms with van der Waals surface area (Å²) in [7, 11) is 0. The number of allylic oxidation sites excluding steroid dienone is 1. The topological polar surface area (TPSA) is 52.7 Å². The highest BCUT2D eigenvalue weighted by Crippen LogP contribution is 2.34. The number of nitrogens with one attached hydrogen (secondary N) is 3. The maximum absolute atomic E-state index is 13.4. The van der Waals surface area contributed by atoms with Crippen molar-refractivity contribution in [2.45, 2.75) is 70.9 Å². The molecule has 1 heterocycles. The van der Waals surface area contributed by atoms with Crippen molar-refractivity contribution in [3.63, 3.8) is 0 Å². The van der Waals surface area contributed by atoms with Crippen molar-refractivity contribution in [2.75, 3.05) is 0 Å². The normalized spacial score (nSPS) is 19.6. The number of hydrogen-bond donors (Lipinski definition) is 3. The number of H-pyrrole nitrogens is 1. The Kier molecular flexibility index (Phi) is 8.73. The van der Waals surface area contributed by atoms with Crippen molar-refractivity contribution < 1.29 is 4.39 Å². The number of nitrogens with zero attached hydrogens (tertiary/aromatic N) is 1. The highest BCUT2D eigenvalue weighted by atomic mass is 32.2. The predicted molar refractivity (Wildman–Crippen MR) is 118 cm³/mol. The highest BCUT2D eigenvalue weighted by molar-refractivity contribution is 7.95. The molecule has 1 fully saturated rings. The van der Waals surface area contributed by atoms with Crippen LogP contribution in [0.5, 0.6) is 0 Å². The van der Waals surface area contributed by atoms with Crippen LogP contribution in [0.2, 0.25) is 0 Å². The molecule has 154 valence electrons. The minimum atomic E-state index is -0.227. The lowest BCUT2D eigenvalue weighted by molar-refractivity contribution is 0.375. The second-order valence-corrected chi connectivity index (χ2v) is 8.89. The summed E-state index contributed by atoms with van der Waals surface area (Å²) >= 11 is 1.61. The molecule has 0 radical (unpaired) electrons. The van der Waals surface area contributed by atoms with Gasteiger partial charge in [-0.15, -0.1) is 6.58 Å². The molecule has 6 heteroatoms. The maximum atomic E-state index is 13.4. The van der Waals surface area contributed by atoms with Crippen molar-refractivity contribution in [3.8, 4) is 11.3 Å². The van der Waals surface area contributed by atoms with E-state index in [9.17, 15) is 4.39 Å². The minimum absolute atomic E-state index is 0.109. The van der Waals surface area contributed by atoms with Gasteiger partial charge in [0.25, 0.3) is 0 Å². The summed E-state index contributed by atoms with van der Waals surface area (Å²) in [6.07, 6.45) is 6.33. The van der Waals surface area contributed by atoms with Crippen LogP contribution in [0.4, 0.5) is 4.39 Å². The molecule has 0 aliphatic heterocycles. The molecule has 0 spiro atoms. The second-order valence-electron chi connectivity index (χ2n) is 8.25. The molecule has 1 aromatic carbocycles. The Morgan fingerprint density at radius 1 is 1.21 bits per heavy atom. The van der Waals surface area contributed by atoms with Crippen molar-refractivity contribution >= 4 is 12.1 Å². The number of aromatic amines is 1. The zero-order chi connectivity index (χ0) is 20.6. The van der Waals surface area contributed by atoms with E-state index in [0.29, 0.717) is 12.0 Å². The number of rotatable bonds is 5. The number of aromatic nitrogens is 2. The fraction of sp³-hybridized carbons (Fsp3) is 0.500. The first-order valence-corrected chi connectivity index (χ1v) is 10.7. The zero-order valence-corrected chi connectivity index (χ0v) is 18.2. The van der Waals surface area contributed by atoms with Gasteiger partial charge in [0, 0.05) is 40.9 Å². The van der Waals surface area contributed by atoms with Crippen LogP contribution >= 0.6 is 12.1 Å². The molecule has 2 aromatic rings. The van der Waals surface area contributed by atoms with Gasteiger partial charge in [0.15, 0.2) is 0 Å². The van der Waals surface area contributed by atoms with Crippen LogP contribution in [0, 0.1) is 5.82 Å². The molecule has 1 aliphatic rings. The lowest BCUT2D eigenvalue weighted by Gasteiger charge is -2.29. The van der Waals surface area contributed by atoms with Crippen LogP contribution in [0.3, 0.4) is 0 Å². The minimum Gasteiger partial charge on any atom is -0.282 e. The van der Waals surface area contributed by atoms with Crippen LogP contribution in [0.1, 0.15) is 65.0 Å². The van der Waals surface area contributed by atoms with E-state index in [1.54, 1.807) is 24.3 Å². The van der Waals surface area contributed by atoms with Gasteiger partial charge in [-0.05, 0) is 71.6 Å². The number of hydrogen-bond acceptors (Lipinski definition) is 4. The van der Waals surface area contributed by atoms with Crippen molar-refractivity contribution in [1.29, 1.82) is 0 Å². The molecule has 3 rings (SSSR count). The first kappa shape index (κ1) is 22.7. The average Bonchev–Trinajstić information content (AvgIpc) is 3.12. The summed E-state index contributed by atoms with van der Waals surface area (Å²) in [6.45, 7) is 11.7. The van der Waals surface area contributed by atoms with Gasteiger partial charge in [-0.3, -0.25) is 5.10 Å². The Balaban J connectivity index is 0.000000878. The van der Waals surface area contributed by atoms with E-state index in [4.69, 9.17) is 0 Å². The fourth-order valence-electron chi connectivity index (χ4n) is 3.13. The molecule has 28 heavy (non-hydrogen) atoms. The third kappa shape index (κ3) is 7.41. The molecule has 0 atom stereocenters. The second kappa shape index (κ2) is 10.8. The van der Waals surface area contributed by atoms with E-state index in [1.165, 1.54) is 12.1 Å². The van der Waals surface area contributed by atoms with Gasteiger partial charge >= 0.3 is 0 Å². The largest absolute Gasteiger partial charge is 0.282 e. The highest BCUT2D eigenvalue weighted by Gasteiger charge is 2.24. The van der Waals surface area contributed by atoms with E-state index >= 15 is 0 Å². The van der Waals surface area contributed by atoms with E-state index < -0.39 is 0 Å². The molecule has 1 aliphatic carbocycles. The van der Waals surface area contributed by atoms with E-state index in [-0.39, 0.29) is 11.4 Å². The van der Waals surface area contributed by atoms with Crippen molar-refractivity contribution in [3.05, 3.63) is 54.5 Å². The monoisotopic (exact) mass is 404 g/mol. The lowest BCUT2D eigenvalue weighted by atomic mass is 9.84. The van der Waals surface area contributed by atoms with Gasteiger partial charge in [0.05, 0.1) is 5.69 Å². The molecule has 0 saturated heterocycles. The SMILES string of the molecule is C=CC.CC(C)(C)NSNC1CCC(c2cc(-c3cccc(F)c3)n[nH]2)CC1. The van der Waals surface area contributed by atoms with Gasteiger partial charge in [-0.2, -0.15) is 5.10 Å². The number of benzene rings is 1. The maximum Gasteiger partial charge on any atom is 0.123 e. The van der Waals surface area contributed by atoms with Crippen LogP contribution in [0.25, 0.3) is 11.3 Å². The molecule has 1 aromatic heterocycles. The number of halogens is 1. The quantitative estimate of drug-likeness (QED) is 0.424. The summed E-state index contributed by atoms with van der Waals surface area (Å²) in [5, 5.41) is 7.54. The van der Waals surface area contributed by atoms with Gasteiger partial charge in [-0.25, -0.2) is 13.8 Å². The molecule has 4 nitrogen and oxygen atoms in total. The predicted octanol–water partition coefficient (Wildman–Crippen LogP) is 5.98. The fourth-order valence-corrected chi connectivity index (χ4v) is 3.90. The van der Waals surface area contributed by atoms with Gasteiger partial charge in [0.1, 0.15) is 5.82 Å². The first-order valence-electron chi connectivity index (χ1n) is 9.89. The molecule has 0 bridgehead atoms. The molecule has 3 N–H and O–H groups in total. The molecule has 0 amide bonds. The summed E-state index contributed by atoms with van der Waals surface area (Å²) in [5.74, 6) is 0.281. The molecule has 0 unspecified atom stereocenters. The van der Waals surface area contributed by atoms with E-state index in [1.807, 2.05) is 13.0 Å². The molecular formula is C22H33FN4S. The lowest BCUT2D eigenvalue weighted by Crippen LogP contribution is -2.36. The average molecular weight is 405 g/mol.